The summed E-state index contributed by atoms with van der Waals surface area (Å²) in [4.78, 5) is 10.5. The number of carboxylic acids is 1. The van der Waals surface area contributed by atoms with E-state index in [2.05, 4.69) is 6.92 Å². The predicted octanol–water partition coefficient (Wildman–Crippen LogP) is 2.32. The van der Waals surface area contributed by atoms with Gasteiger partial charge in [0.2, 0.25) is 0 Å². The lowest BCUT2D eigenvalue weighted by molar-refractivity contribution is -0.138. The Bertz CT molecular complexity index is 352. The van der Waals surface area contributed by atoms with Crippen molar-refractivity contribution in [1.29, 1.82) is 0 Å². The van der Waals surface area contributed by atoms with E-state index in [-0.39, 0.29) is 12.8 Å². The molecule has 1 rings (SSSR count). The van der Waals surface area contributed by atoms with Gasteiger partial charge in [0.25, 0.3) is 0 Å². The first-order chi connectivity index (χ1) is 7.45. The van der Waals surface area contributed by atoms with E-state index in [0.717, 1.165) is 12.0 Å². The van der Waals surface area contributed by atoms with Crippen molar-refractivity contribution in [3.05, 3.63) is 35.4 Å². The molecule has 88 valence electrons. The molecular weight excluding hydrogens is 204 g/mol. The van der Waals surface area contributed by atoms with Gasteiger partial charge in [-0.05, 0) is 30.9 Å². The van der Waals surface area contributed by atoms with Crippen molar-refractivity contribution in [2.75, 3.05) is 0 Å². The van der Waals surface area contributed by atoms with Crippen LogP contribution in [-0.4, -0.2) is 16.2 Å². The zero-order valence-electron chi connectivity index (χ0n) is 9.73. The van der Waals surface area contributed by atoms with Crippen LogP contribution in [-0.2, 0) is 16.8 Å². The number of carboxylic acid groups (broad SMARTS) is 1. The van der Waals surface area contributed by atoms with Crippen molar-refractivity contribution in [3.8, 4) is 0 Å². The van der Waals surface area contributed by atoms with Crippen LogP contribution in [0, 0.1) is 0 Å². The number of aliphatic hydroxyl groups is 1. The summed E-state index contributed by atoms with van der Waals surface area (Å²) in [6, 6.07) is 7.65. The van der Waals surface area contributed by atoms with Crippen LogP contribution in [0.1, 0.15) is 37.8 Å². The van der Waals surface area contributed by atoms with E-state index >= 15 is 0 Å². The Morgan fingerprint density at radius 2 is 1.88 bits per heavy atom. The molecule has 1 atom stereocenters. The second-order valence-corrected chi connectivity index (χ2v) is 4.22. The SMILES string of the molecule is CCc1ccc(C(C)(O)CCC(=O)O)cc1. The second-order valence-electron chi connectivity index (χ2n) is 4.22. The lowest BCUT2D eigenvalue weighted by Crippen LogP contribution is -2.22. The van der Waals surface area contributed by atoms with E-state index in [4.69, 9.17) is 5.11 Å². The van der Waals surface area contributed by atoms with Gasteiger partial charge in [0.15, 0.2) is 0 Å². The number of aliphatic carboxylic acids is 1. The highest BCUT2D eigenvalue weighted by atomic mass is 16.4. The van der Waals surface area contributed by atoms with Gasteiger partial charge in [-0.2, -0.15) is 0 Å². The Morgan fingerprint density at radius 3 is 2.31 bits per heavy atom. The summed E-state index contributed by atoms with van der Waals surface area (Å²) < 4.78 is 0. The van der Waals surface area contributed by atoms with Crippen molar-refractivity contribution >= 4 is 5.97 Å². The van der Waals surface area contributed by atoms with Crippen LogP contribution in [0.4, 0.5) is 0 Å². The second kappa shape index (κ2) is 5.12. The Balaban J connectivity index is 2.76. The summed E-state index contributed by atoms with van der Waals surface area (Å²) in [6.07, 6.45) is 1.16. The third kappa shape index (κ3) is 3.35. The lowest BCUT2D eigenvalue weighted by Gasteiger charge is -2.23. The van der Waals surface area contributed by atoms with Crippen molar-refractivity contribution in [2.45, 2.75) is 38.7 Å². The third-order valence-corrected chi connectivity index (χ3v) is 2.81. The summed E-state index contributed by atoms with van der Waals surface area (Å²) in [5, 5.41) is 18.7. The van der Waals surface area contributed by atoms with Crippen molar-refractivity contribution in [3.63, 3.8) is 0 Å². The van der Waals surface area contributed by atoms with Crippen molar-refractivity contribution < 1.29 is 15.0 Å². The Kier molecular flexibility index (Phi) is 4.07. The summed E-state index contributed by atoms with van der Waals surface area (Å²) in [5.74, 6) is -0.884. The summed E-state index contributed by atoms with van der Waals surface area (Å²) in [5.41, 5.74) is 0.911. The average Bonchev–Trinajstić information content (AvgIpc) is 2.27. The first kappa shape index (κ1) is 12.7. The molecule has 16 heavy (non-hydrogen) atoms. The van der Waals surface area contributed by atoms with Gasteiger partial charge >= 0.3 is 5.97 Å². The zero-order chi connectivity index (χ0) is 12.2. The number of rotatable bonds is 5. The number of hydrogen-bond donors (Lipinski definition) is 2. The zero-order valence-corrected chi connectivity index (χ0v) is 9.73. The maximum absolute atomic E-state index is 10.5. The molecule has 0 bridgehead atoms. The van der Waals surface area contributed by atoms with Crippen LogP contribution in [0.3, 0.4) is 0 Å². The fourth-order valence-corrected chi connectivity index (χ4v) is 1.59. The van der Waals surface area contributed by atoms with Gasteiger partial charge in [-0.3, -0.25) is 4.79 Å². The molecule has 0 aliphatic heterocycles. The molecule has 0 heterocycles. The van der Waals surface area contributed by atoms with Crippen LogP contribution in [0.2, 0.25) is 0 Å². The molecule has 0 aromatic heterocycles. The largest absolute Gasteiger partial charge is 0.481 e. The van der Waals surface area contributed by atoms with E-state index in [0.29, 0.717) is 0 Å². The highest BCUT2D eigenvalue weighted by Gasteiger charge is 2.23. The molecule has 0 spiro atoms. The molecule has 0 fully saturated rings. The standard InChI is InChI=1S/C13H18O3/c1-3-10-4-6-11(7-5-10)13(2,16)9-8-12(14)15/h4-7,16H,3,8-9H2,1-2H3,(H,14,15). The first-order valence-corrected chi connectivity index (χ1v) is 5.49. The fourth-order valence-electron chi connectivity index (χ4n) is 1.59. The minimum atomic E-state index is -1.06. The van der Waals surface area contributed by atoms with Crippen LogP contribution < -0.4 is 0 Å². The van der Waals surface area contributed by atoms with Crippen LogP contribution in [0.15, 0.2) is 24.3 Å². The average molecular weight is 222 g/mol. The van der Waals surface area contributed by atoms with Crippen molar-refractivity contribution in [2.24, 2.45) is 0 Å². The molecule has 1 unspecified atom stereocenters. The van der Waals surface area contributed by atoms with Gasteiger partial charge in [0.1, 0.15) is 0 Å². The van der Waals surface area contributed by atoms with Gasteiger partial charge < -0.3 is 10.2 Å². The van der Waals surface area contributed by atoms with Crippen LogP contribution in [0.5, 0.6) is 0 Å². The molecular formula is C13H18O3. The molecule has 0 saturated carbocycles. The van der Waals surface area contributed by atoms with Gasteiger partial charge in [-0.1, -0.05) is 31.2 Å². The molecule has 0 amide bonds. The minimum absolute atomic E-state index is 0.0253. The van der Waals surface area contributed by atoms with Gasteiger partial charge in [0, 0.05) is 6.42 Å². The maximum atomic E-state index is 10.5. The predicted molar refractivity (Wildman–Crippen MR) is 62.3 cm³/mol. The number of aryl methyl sites for hydroxylation is 1. The molecule has 3 nitrogen and oxygen atoms in total. The number of hydrogen-bond acceptors (Lipinski definition) is 2. The van der Waals surface area contributed by atoms with Crippen LogP contribution >= 0.6 is 0 Å². The quantitative estimate of drug-likeness (QED) is 0.803. The van der Waals surface area contributed by atoms with E-state index in [1.54, 1.807) is 6.92 Å². The molecule has 0 aliphatic carbocycles. The highest BCUT2D eigenvalue weighted by molar-refractivity contribution is 5.66. The monoisotopic (exact) mass is 222 g/mol. The van der Waals surface area contributed by atoms with E-state index < -0.39 is 11.6 Å². The molecule has 1 aromatic rings. The Morgan fingerprint density at radius 1 is 1.31 bits per heavy atom. The molecule has 0 saturated heterocycles. The van der Waals surface area contributed by atoms with Gasteiger partial charge in [0.05, 0.1) is 5.60 Å². The molecule has 0 aliphatic rings. The molecule has 3 heteroatoms. The summed E-state index contributed by atoms with van der Waals surface area (Å²) in [7, 11) is 0. The minimum Gasteiger partial charge on any atom is -0.481 e. The van der Waals surface area contributed by atoms with Crippen LogP contribution in [0.25, 0.3) is 0 Å². The van der Waals surface area contributed by atoms with E-state index in [9.17, 15) is 9.90 Å². The Labute approximate surface area is 95.7 Å². The molecule has 2 N–H and O–H groups in total. The lowest BCUT2D eigenvalue weighted by atomic mass is 9.90. The summed E-state index contributed by atoms with van der Waals surface area (Å²) in [6.45, 7) is 3.72. The van der Waals surface area contributed by atoms with Crippen molar-refractivity contribution in [1.82, 2.24) is 0 Å². The molecule has 1 aromatic carbocycles. The van der Waals surface area contributed by atoms with E-state index in [1.807, 2.05) is 24.3 Å². The van der Waals surface area contributed by atoms with E-state index in [1.165, 1.54) is 5.56 Å². The normalized spacial score (nSPS) is 14.4. The summed E-state index contributed by atoms with van der Waals surface area (Å²) >= 11 is 0. The Hall–Kier alpha value is -1.35. The number of carbonyl (C=O) groups is 1. The molecule has 0 radical (unpaired) electrons. The highest BCUT2D eigenvalue weighted by Crippen LogP contribution is 2.26. The van der Waals surface area contributed by atoms with Gasteiger partial charge in [-0.15, -0.1) is 0 Å². The smallest absolute Gasteiger partial charge is 0.303 e. The third-order valence-electron chi connectivity index (χ3n) is 2.81. The topological polar surface area (TPSA) is 57.5 Å². The number of benzene rings is 1. The fraction of sp³-hybridized carbons (Fsp3) is 0.462. The van der Waals surface area contributed by atoms with Gasteiger partial charge in [-0.25, -0.2) is 0 Å². The maximum Gasteiger partial charge on any atom is 0.303 e. The first-order valence-electron chi connectivity index (χ1n) is 5.49.